The topological polar surface area (TPSA) is 117 Å². The quantitative estimate of drug-likeness (QED) is 0.639. The van der Waals surface area contributed by atoms with Gasteiger partial charge in [0.25, 0.3) is 5.56 Å². The molecule has 0 atom stereocenters. The van der Waals surface area contributed by atoms with Crippen LogP contribution in [0.3, 0.4) is 0 Å². The van der Waals surface area contributed by atoms with Crippen LogP contribution in [0.15, 0.2) is 34.1 Å². The van der Waals surface area contributed by atoms with Gasteiger partial charge in [0.2, 0.25) is 5.91 Å². The Bertz CT molecular complexity index is 1110. The van der Waals surface area contributed by atoms with Crippen LogP contribution in [0.25, 0.3) is 11.2 Å². The molecule has 1 amide bonds. The number of imidazole rings is 1. The Kier molecular flexibility index (Phi) is 5.22. The van der Waals surface area contributed by atoms with Crippen molar-refractivity contribution in [1.82, 2.24) is 18.7 Å². The van der Waals surface area contributed by atoms with Gasteiger partial charge in [0.15, 0.2) is 11.2 Å². The van der Waals surface area contributed by atoms with Gasteiger partial charge in [-0.3, -0.25) is 14.2 Å². The number of benzene rings is 1. The number of amides is 1. The van der Waals surface area contributed by atoms with E-state index < -0.39 is 23.7 Å². The Morgan fingerprint density at radius 2 is 1.96 bits per heavy atom. The lowest BCUT2D eigenvalue weighted by Crippen LogP contribution is -2.42. The Hall–Kier alpha value is -3.07. The zero-order chi connectivity index (χ0) is 18.3. The summed E-state index contributed by atoms with van der Waals surface area (Å²) in [5.74, 6) is -0.491. The molecule has 0 saturated heterocycles. The molecule has 138 valence electrons. The van der Waals surface area contributed by atoms with E-state index in [1.807, 2.05) is 6.92 Å². The van der Waals surface area contributed by atoms with Crippen molar-refractivity contribution in [1.29, 1.82) is 0 Å². The van der Waals surface area contributed by atoms with Crippen molar-refractivity contribution < 1.29 is 4.79 Å². The summed E-state index contributed by atoms with van der Waals surface area (Å²) in [5, 5.41) is 2.68. The van der Waals surface area contributed by atoms with E-state index in [0.717, 1.165) is 10.1 Å². The van der Waals surface area contributed by atoms with Crippen LogP contribution in [0.1, 0.15) is 5.56 Å². The van der Waals surface area contributed by atoms with Crippen molar-refractivity contribution in [3.05, 3.63) is 50.9 Å². The maximum Gasteiger partial charge on any atom is 0.332 e. The number of anilines is 2. The van der Waals surface area contributed by atoms with E-state index in [0.29, 0.717) is 11.4 Å². The Labute approximate surface area is 154 Å². The number of hydrogen-bond acceptors (Lipinski definition) is 5. The number of hydrogen-bond donors (Lipinski definition) is 2. The standard InChI is InChI=1S/C16H18N6O3.ClH/c1-9-4-5-10(17)6-11(9)19-12(23)7-22-15(24)13-14(18-8-20(13)2)21(3)16(22)25;/h4-6,8H,7,17H2,1-3H3,(H,19,23);1H. The first kappa shape index (κ1) is 19.3. The van der Waals surface area contributed by atoms with Crippen molar-refractivity contribution in [2.24, 2.45) is 14.1 Å². The third-order valence-electron chi connectivity index (χ3n) is 4.04. The fraction of sp³-hybridized carbons (Fsp3) is 0.250. The van der Waals surface area contributed by atoms with Gasteiger partial charge in [-0.1, -0.05) is 6.07 Å². The van der Waals surface area contributed by atoms with Crippen LogP contribution in [-0.4, -0.2) is 24.6 Å². The molecule has 10 heteroatoms. The van der Waals surface area contributed by atoms with Crippen LogP contribution < -0.4 is 22.3 Å². The molecule has 3 rings (SSSR count). The number of carbonyl (C=O) groups is 1. The molecule has 2 heterocycles. The number of aryl methyl sites for hydroxylation is 3. The minimum absolute atomic E-state index is 0. The molecule has 3 N–H and O–H groups in total. The number of carbonyl (C=O) groups excluding carboxylic acids is 1. The van der Waals surface area contributed by atoms with Gasteiger partial charge in [-0.2, -0.15) is 0 Å². The monoisotopic (exact) mass is 378 g/mol. The average molecular weight is 379 g/mol. The smallest absolute Gasteiger partial charge is 0.332 e. The first-order valence-electron chi connectivity index (χ1n) is 7.56. The summed E-state index contributed by atoms with van der Waals surface area (Å²) in [5.41, 5.74) is 6.97. The average Bonchev–Trinajstić information content (AvgIpc) is 2.95. The summed E-state index contributed by atoms with van der Waals surface area (Å²) in [6, 6.07) is 5.12. The number of fused-ring (bicyclic) bond motifs is 1. The number of nitrogens with two attached hydrogens (primary N) is 1. The maximum atomic E-state index is 12.6. The fourth-order valence-electron chi connectivity index (χ4n) is 2.64. The molecule has 2 aromatic heterocycles. The molecule has 0 spiro atoms. The summed E-state index contributed by atoms with van der Waals surface area (Å²) in [7, 11) is 3.16. The number of nitrogen functional groups attached to an aromatic ring is 1. The summed E-state index contributed by atoms with van der Waals surface area (Å²) >= 11 is 0. The van der Waals surface area contributed by atoms with E-state index in [2.05, 4.69) is 10.3 Å². The molecule has 0 unspecified atom stereocenters. The molecule has 0 radical (unpaired) electrons. The second-order valence-corrected chi connectivity index (χ2v) is 5.88. The highest BCUT2D eigenvalue weighted by Gasteiger charge is 2.17. The lowest BCUT2D eigenvalue weighted by atomic mass is 10.2. The molecule has 0 saturated carbocycles. The van der Waals surface area contributed by atoms with Gasteiger partial charge in [0.05, 0.1) is 6.33 Å². The first-order chi connectivity index (χ1) is 11.8. The second-order valence-electron chi connectivity index (χ2n) is 5.88. The van der Waals surface area contributed by atoms with Gasteiger partial charge in [0.1, 0.15) is 6.54 Å². The van der Waals surface area contributed by atoms with Crippen LogP contribution in [0.2, 0.25) is 0 Å². The largest absolute Gasteiger partial charge is 0.399 e. The highest BCUT2D eigenvalue weighted by molar-refractivity contribution is 5.92. The number of aromatic nitrogens is 4. The minimum atomic E-state index is -0.601. The maximum absolute atomic E-state index is 12.6. The van der Waals surface area contributed by atoms with Crippen LogP contribution >= 0.6 is 12.4 Å². The van der Waals surface area contributed by atoms with Crippen molar-refractivity contribution in [2.75, 3.05) is 11.1 Å². The third-order valence-corrected chi connectivity index (χ3v) is 4.04. The number of rotatable bonds is 3. The van der Waals surface area contributed by atoms with Gasteiger partial charge >= 0.3 is 5.69 Å². The molecule has 1 aromatic carbocycles. The zero-order valence-corrected chi connectivity index (χ0v) is 15.3. The highest BCUT2D eigenvalue weighted by Crippen LogP contribution is 2.17. The summed E-state index contributed by atoms with van der Waals surface area (Å²) in [6.07, 6.45) is 1.45. The molecule has 0 aliphatic heterocycles. The van der Waals surface area contributed by atoms with Crippen LogP contribution in [0.4, 0.5) is 11.4 Å². The Balaban J connectivity index is 0.00000243. The number of nitrogens with zero attached hydrogens (tertiary/aromatic N) is 4. The summed E-state index contributed by atoms with van der Waals surface area (Å²) in [6.45, 7) is 1.42. The summed E-state index contributed by atoms with van der Waals surface area (Å²) in [4.78, 5) is 41.4. The van der Waals surface area contributed by atoms with Gasteiger partial charge < -0.3 is 15.6 Å². The lowest BCUT2D eigenvalue weighted by molar-refractivity contribution is -0.116. The predicted octanol–water partition coefficient (Wildman–Crippen LogP) is 0.385. The van der Waals surface area contributed by atoms with Crippen LogP contribution in [0, 0.1) is 6.92 Å². The molecular formula is C16H19ClN6O3. The molecule has 26 heavy (non-hydrogen) atoms. The number of halogens is 1. The van der Waals surface area contributed by atoms with E-state index in [1.54, 1.807) is 25.2 Å². The SMILES string of the molecule is Cc1ccc(N)cc1NC(=O)Cn1c(=O)c2c(ncn2C)n(C)c1=O.Cl. The predicted molar refractivity (Wildman–Crippen MR) is 102 cm³/mol. The van der Waals surface area contributed by atoms with Crippen molar-refractivity contribution in [3.8, 4) is 0 Å². The second kappa shape index (κ2) is 7.04. The molecule has 0 fully saturated rings. The Morgan fingerprint density at radius 3 is 2.65 bits per heavy atom. The first-order valence-corrected chi connectivity index (χ1v) is 7.56. The van der Waals surface area contributed by atoms with Gasteiger partial charge in [-0.15, -0.1) is 12.4 Å². The molecular weight excluding hydrogens is 360 g/mol. The van der Waals surface area contributed by atoms with Gasteiger partial charge in [-0.05, 0) is 24.6 Å². The fourth-order valence-corrected chi connectivity index (χ4v) is 2.64. The lowest BCUT2D eigenvalue weighted by Gasteiger charge is -2.11. The molecule has 9 nitrogen and oxygen atoms in total. The Morgan fingerprint density at radius 1 is 1.27 bits per heavy atom. The number of nitrogens with one attached hydrogen (secondary N) is 1. The van der Waals surface area contributed by atoms with E-state index in [9.17, 15) is 14.4 Å². The van der Waals surface area contributed by atoms with Crippen LogP contribution in [-0.2, 0) is 25.4 Å². The van der Waals surface area contributed by atoms with E-state index >= 15 is 0 Å². The zero-order valence-electron chi connectivity index (χ0n) is 14.5. The van der Waals surface area contributed by atoms with Crippen molar-refractivity contribution >= 4 is 40.9 Å². The van der Waals surface area contributed by atoms with Crippen molar-refractivity contribution in [2.45, 2.75) is 13.5 Å². The molecule has 0 bridgehead atoms. The minimum Gasteiger partial charge on any atom is -0.399 e. The highest BCUT2D eigenvalue weighted by atomic mass is 35.5. The van der Waals surface area contributed by atoms with Crippen LogP contribution in [0.5, 0.6) is 0 Å². The van der Waals surface area contributed by atoms with E-state index in [1.165, 1.54) is 22.5 Å². The molecule has 3 aromatic rings. The third kappa shape index (κ3) is 3.21. The summed E-state index contributed by atoms with van der Waals surface area (Å²) < 4.78 is 3.66. The molecule has 0 aliphatic rings. The van der Waals surface area contributed by atoms with E-state index in [4.69, 9.17) is 5.73 Å². The normalized spacial score (nSPS) is 10.6. The van der Waals surface area contributed by atoms with Crippen molar-refractivity contribution in [3.63, 3.8) is 0 Å². The molecule has 0 aliphatic carbocycles. The van der Waals surface area contributed by atoms with E-state index in [-0.39, 0.29) is 23.6 Å². The van der Waals surface area contributed by atoms with Gasteiger partial charge in [-0.25, -0.2) is 14.3 Å². The van der Waals surface area contributed by atoms with Gasteiger partial charge in [0, 0.05) is 25.5 Å².